The molecule has 0 aliphatic carbocycles. The number of furan rings is 1. The number of amides is 1. The molecule has 0 atom stereocenters. The first-order valence-corrected chi connectivity index (χ1v) is 9.10. The zero-order chi connectivity index (χ0) is 17.4. The summed E-state index contributed by atoms with van der Waals surface area (Å²) in [7, 11) is 0. The number of anilines is 1. The van der Waals surface area contributed by atoms with Crippen LogP contribution in [0.3, 0.4) is 0 Å². The summed E-state index contributed by atoms with van der Waals surface area (Å²) in [5, 5.41) is 4.54. The SMILES string of the molecule is CCc1ccc2c(CC(=O)Nc3nc4c(C)cccc4s3)coc2c1. The van der Waals surface area contributed by atoms with Gasteiger partial charge in [-0.2, -0.15) is 0 Å². The van der Waals surface area contributed by atoms with Gasteiger partial charge in [0.15, 0.2) is 5.13 Å². The molecule has 25 heavy (non-hydrogen) atoms. The first-order valence-electron chi connectivity index (χ1n) is 8.29. The molecule has 2 aromatic carbocycles. The van der Waals surface area contributed by atoms with Crippen molar-refractivity contribution < 1.29 is 9.21 Å². The summed E-state index contributed by atoms with van der Waals surface area (Å²) in [6.07, 6.45) is 2.91. The number of rotatable bonds is 4. The van der Waals surface area contributed by atoms with Crippen molar-refractivity contribution in [1.82, 2.24) is 4.98 Å². The van der Waals surface area contributed by atoms with Crippen LogP contribution in [0, 0.1) is 6.92 Å². The maximum Gasteiger partial charge on any atom is 0.230 e. The van der Waals surface area contributed by atoms with E-state index < -0.39 is 0 Å². The number of aryl methyl sites for hydroxylation is 2. The first-order chi connectivity index (χ1) is 12.1. The average molecular weight is 350 g/mol. The highest BCUT2D eigenvalue weighted by atomic mass is 32.1. The second-order valence-corrected chi connectivity index (χ2v) is 7.14. The van der Waals surface area contributed by atoms with Gasteiger partial charge in [0.2, 0.25) is 5.91 Å². The van der Waals surface area contributed by atoms with Gasteiger partial charge in [0.05, 0.1) is 22.9 Å². The lowest BCUT2D eigenvalue weighted by Gasteiger charge is -2.01. The standard InChI is InChI=1S/C20H18N2O2S/c1-3-13-7-8-15-14(11-24-16(15)9-13)10-18(23)21-20-22-19-12(2)5-4-6-17(19)25-20/h4-9,11H,3,10H2,1-2H3,(H,21,22,23). The summed E-state index contributed by atoms with van der Waals surface area (Å²) in [6.45, 7) is 4.13. The van der Waals surface area contributed by atoms with Crippen LogP contribution in [0.15, 0.2) is 47.1 Å². The molecule has 5 heteroatoms. The summed E-state index contributed by atoms with van der Waals surface area (Å²) in [5.74, 6) is -0.0843. The topological polar surface area (TPSA) is 55.1 Å². The van der Waals surface area contributed by atoms with Gasteiger partial charge >= 0.3 is 0 Å². The van der Waals surface area contributed by atoms with E-state index >= 15 is 0 Å². The highest BCUT2D eigenvalue weighted by molar-refractivity contribution is 7.22. The number of hydrogen-bond acceptors (Lipinski definition) is 4. The number of hydrogen-bond donors (Lipinski definition) is 1. The molecule has 4 rings (SSSR count). The van der Waals surface area contributed by atoms with Crippen LogP contribution in [0.1, 0.15) is 23.6 Å². The van der Waals surface area contributed by atoms with E-state index in [1.54, 1.807) is 6.26 Å². The summed E-state index contributed by atoms with van der Waals surface area (Å²) in [4.78, 5) is 17.0. The van der Waals surface area contributed by atoms with Gasteiger partial charge in [0, 0.05) is 10.9 Å². The number of benzene rings is 2. The van der Waals surface area contributed by atoms with Gasteiger partial charge in [-0.1, -0.05) is 42.5 Å². The molecule has 4 aromatic rings. The molecule has 0 radical (unpaired) electrons. The van der Waals surface area contributed by atoms with Crippen molar-refractivity contribution in [3.8, 4) is 0 Å². The van der Waals surface area contributed by atoms with Crippen LogP contribution < -0.4 is 5.32 Å². The Morgan fingerprint density at radius 3 is 2.96 bits per heavy atom. The van der Waals surface area contributed by atoms with Gasteiger partial charge in [0.25, 0.3) is 0 Å². The quantitative estimate of drug-likeness (QED) is 0.557. The van der Waals surface area contributed by atoms with E-state index in [0.29, 0.717) is 5.13 Å². The summed E-state index contributed by atoms with van der Waals surface area (Å²) in [6, 6.07) is 12.2. The molecular weight excluding hydrogens is 332 g/mol. The molecule has 0 saturated carbocycles. The van der Waals surface area contributed by atoms with Crippen molar-refractivity contribution in [2.24, 2.45) is 0 Å². The van der Waals surface area contributed by atoms with Crippen LogP contribution in [0.2, 0.25) is 0 Å². The monoisotopic (exact) mass is 350 g/mol. The Bertz CT molecular complexity index is 1080. The van der Waals surface area contributed by atoms with E-state index in [4.69, 9.17) is 4.42 Å². The number of fused-ring (bicyclic) bond motifs is 2. The highest BCUT2D eigenvalue weighted by Crippen LogP contribution is 2.28. The second kappa shape index (κ2) is 6.33. The number of carbonyl (C=O) groups excluding carboxylic acids is 1. The summed E-state index contributed by atoms with van der Waals surface area (Å²) in [5.41, 5.74) is 5.01. The van der Waals surface area contributed by atoms with Crippen LogP contribution in [0.5, 0.6) is 0 Å². The first kappa shape index (κ1) is 15.8. The largest absolute Gasteiger partial charge is 0.464 e. The molecule has 0 spiro atoms. The van der Waals surface area contributed by atoms with E-state index in [1.165, 1.54) is 16.9 Å². The summed E-state index contributed by atoms with van der Waals surface area (Å²) >= 11 is 1.49. The van der Waals surface area contributed by atoms with E-state index in [-0.39, 0.29) is 12.3 Å². The van der Waals surface area contributed by atoms with E-state index in [2.05, 4.69) is 23.3 Å². The van der Waals surface area contributed by atoms with Crippen LogP contribution in [0.4, 0.5) is 5.13 Å². The zero-order valence-electron chi connectivity index (χ0n) is 14.1. The van der Waals surface area contributed by atoms with Crippen molar-refractivity contribution in [3.05, 3.63) is 59.4 Å². The van der Waals surface area contributed by atoms with Crippen LogP contribution in [-0.2, 0) is 17.6 Å². The maximum atomic E-state index is 12.4. The second-order valence-electron chi connectivity index (χ2n) is 6.11. The van der Waals surface area contributed by atoms with Gasteiger partial charge in [-0.3, -0.25) is 4.79 Å². The minimum absolute atomic E-state index is 0.0843. The molecule has 1 amide bonds. The van der Waals surface area contributed by atoms with Gasteiger partial charge in [-0.15, -0.1) is 0 Å². The number of para-hydroxylation sites is 1. The van der Waals surface area contributed by atoms with Crippen molar-refractivity contribution in [2.45, 2.75) is 26.7 Å². The van der Waals surface area contributed by atoms with E-state index in [9.17, 15) is 4.79 Å². The van der Waals surface area contributed by atoms with Crippen LogP contribution >= 0.6 is 11.3 Å². The van der Waals surface area contributed by atoms with E-state index in [1.807, 2.05) is 37.3 Å². The minimum atomic E-state index is -0.0843. The fourth-order valence-electron chi connectivity index (χ4n) is 2.96. The Labute approximate surface area is 149 Å². The fraction of sp³-hybridized carbons (Fsp3) is 0.200. The Kier molecular flexibility index (Phi) is 4.01. The third-order valence-electron chi connectivity index (χ3n) is 4.35. The molecule has 0 unspecified atom stereocenters. The third kappa shape index (κ3) is 3.03. The third-order valence-corrected chi connectivity index (χ3v) is 5.28. The summed E-state index contributed by atoms with van der Waals surface area (Å²) < 4.78 is 6.69. The lowest BCUT2D eigenvalue weighted by atomic mass is 10.1. The molecule has 0 saturated heterocycles. The fourth-order valence-corrected chi connectivity index (χ4v) is 3.92. The minimum Gasteiger partial charge on any atom is -0.464 e. The van der Waals surface area contributed by atoms with Gasteiger partial charge in [0.1, 0.15) is 5.58 Å². The Balaban J connectivity index is 1.54. The Hall–Kier alpha value is -2.66. The average Bonchev–Trinajstić information content (AvgIpc) is 3.19. The molecule has 2 aromatic heterocycles. The molecule has 0 bridgehead atoms. The van der Waals surface area contributed by atoms with Crippen molar-refractivity contribution in [3.63, 3.8) is 0 Å². The molecule has 0 fully saturated rings. The molecule has 0 aliphatic heterocycles. The van der Waals surface area contributed by atoms with Gasteiger partial charge in [-0.25, -0.2) is 4.98 Å². The number of nitrogens with one attached hydrogen (secondary N) is 1. The lowest BCUT2D eigenvalue weighted by molar-refractivity contribution is -0.115. The Morgan fingerprint density at radius 2 is 2.16 bits per heavy atom. The lowest BCUT2D eigenvalue weighted by Crippen LogP contribution is -2.13. The molecule has 0 aliphatic rings. The molecule has 4 nitrogen and oxygen atoms in total. The number of nitrogens with zero attached hydrogens (tertiary/aromatic N) is 1. The van der Waals surface area contributed by atoms with Crippen molar-refractivity contribution in [2.75, 3.05) is 5.32 Å². The maximum absolute atomic E-state index is 12.4. The van der Waals surface area contributed by atoms with Crippen LogP contribution in [0.25, 0.3) is 21.2 Å². The number of aromatic nitrogens is 1. The van der Waals surface area contributed by atoms with Gasteiger partial charge in [-0.05, 0) is 36.6 Å². The Morgan fingerprint density at radius 1 is 1.28 bits per heavy atom. The van der Waals surface area contributed by atoms with Crippen molar-refractivity contribution >= 4 is 43.6 Å². The normalized spacial score (nSPS) is 11.3. The van der Waals surface area contributed by atoms with E-state index in [0.717, 1.165) is 38.7 Å². The molecule has 126 valence electrons. The zero-order valence-corrected chi connectivity index (χ0v) is 14.9. The number of thiazole rings is 1. The predicted molar refractivity (Wildman–Crippen MR) is 102 cm³/mol. The highest BCUT2D eigenvalue weighted by Gasteiger charge is 2.13. The van der Waals surface area contributed by atoms with Crippen molar-refractivity contribution in [1.29, 1.82) is 0 Å². The molecule has 2 heterocycles. The molecular formula is C20H18N2O2S. The van der Waals surface area contributed by atoms with Crippen LogP contribution in [-0.4, -0.2) is 10.9 Å². The predicted octanol–water partition coefficient (Wildman–Crippen LogP) is 5.09. The number of carbonyl (C=O) groups is 1. The smallest absolute Gasteiger partial charge is 0.230 e. The van der Waals surface area contributed by atoms with Gasteiger partial charge < -0.3 is 9.73 Å². The molecule has 1 N–H and O–H groups in total.